The highest BCUT2D eigenvalue weighted by Crippen LogP contribution is 2.41. The minimum atomic E-state index is -0.976. The van der Waals surface area contributed by atoms with Gasteiger partial charge in [-0.1, -0.05) is 22.6 Å². The summed E-state index contributed by atoms with van der Waals surface area (Å²) in [4.78, 5) is 88.0. The third-order valence-electron chi connectivity index (χ3n) is 6.08. The van der Waals surface area contributed by atoms with Crippen molar-refractivity contribution < 1.29 is 52.5 Å². The third-order valence-corrected chi connectivity index (χ3v) is 10.3. The highest BCUT2D eigenvalue weighted by Gasteiger charge is 2.38. The lowest BCUT2D eigenvalue weighted by Gasteiger charge is -2.29. The summed E-state index contributed by atoms with van der Waals surface area (Å²) in [5.74, 6) is -3.87. The number of esters is 4. The molecule has 2 N–H and O–H groups in total. The van der Waals surface area contributed by atoms with Gasteiger partial charge in [-0.05, 0) is 74.2 Å². The highest BCUT2D eigenvalue weighted by atomic mass is 127. The highest BCUT2D eigenvalue weighted by molar-refractivity contribution is 14.1. The van der Waals surface area contributed by atoms with Gasteiger partial charge in [-0.15, -0.1) is 0 Å². The lowest BCUT2D eigenvalue weighted by atomic mass is 10.1. The van der Waals surface area contributed by atoms with Crippen molar-refractivity contribution in [1.82, 2.24) is 10.6 Å². The number of nitrogens with zero attached hydrogens (tertiary/aromatic N) is 1. The van der Waals surface area contributed by atoms with E-state index in [4.69, 9.17) is 18.9 Å². The van der Waals surface area contributed by atoms with Crippen molar-refractivity contribution in [2.24, 2.45) is 0 Å². The Bertz CT molecular complexity index is 1280. The number of amides is 3. The van der Waals surface area contributed by atoms with Crippen molar-refractivity contribution >= 4 is 138 Å². The number of rotatable bonds is 14. The zero-order chi connectivity index (χ0) is 34.0. The number of hydrogen-bond acceptors (Lipinski definition) is 11. The maximum absolute atomic E-state index is 13.7. The number of hydrogen-bond donors (Lipinski definition) is 2. The second-order valence-electron chi connectivity index (χ2n) is 9.64. The lowest BCUT2D eigenvalue weighted by molar-refractivity contribution is -0.155. The van der Waals surface area contributed by atoms with E-state index < -0.39 is 47.9 Å². The summed E-state index contributed by atoms with van der Waals surface area (Å²) in [6.07, 6.45) is -1.05. The van der Waals surface area contributed by atoms with Crippen molar-refractivity contribution in [1.29, 1.82) is 0 Å². The Labute approximate surface area is 314 Å². The van der Waals surface area contributed by atoms with Gasteiger partial charge in [-0.2, -0.15) is 0 Å². The number of alkyl halides is 1. The molecule has 45 heavy (non-hydrogen) atoms. The second kappa shape index (κ2) is 18.7. The van der Waals surface area contributed by atoms with E-state index in [2.05, 4.69) is 33.2 Å². The van der Waals surface area contributed by atoms with Crippen molar-refractivity contribution in [3.8, 4) is 0 Å². The van der Waals surface area contributed by atoms with Crippen LogP contribution in [-0.4, -0.2) is 90.6 Å². The first kappa shape index (κ1) is 39.6. The summed E-state index contributed by atoms with van der Waals surface area (Å²) < 4.78 is 22.0. The molecule has 1 aliphatic heterocycles. The van der Waals surface area contributed by atoms with Gasteiger partial charge < -0.3 is 34.5 Å². The molecular weight excluding hydrogens is 1050 g/mol. The summed E-state index contributed by atoms with van der Waals surface area (Å²) >= 11 is 8.03. The van der Waals surface area contributed by atoms with E-state index in [9.17, 15) is 33.6 Å². The van der Waals surface area contributed by atoms with Gasteiger partial charge in [0.1, 0.15) is 13.2 Å². The molecule has 1 saturated heterocycles. The van der Waals surface area contributed by atoms with Crippen molar-refractivity contribution in [2.75, 3.05) is 35.6 Å². The van der Waals surface area contributed by atoms with Crippen LogP contribution >= 0.6 is 90.4 Å². The molecule has 0 aromatic heterocycles. The summed E-state index contributed by atoms with van der Waals surface area (Å²) in [5, 5.41) is 5.37. The summed E-state index contributed by atoms with van der Waals surface area (Å²) in [6.45, 7) is 3.76. The molecule has 3 unspecified atom stereocenters. The van der Waals surface area contributed by atoms with Crippen LogP contribution in [0.2, 0.25) is 0 Å². The average Bonchev–Trinajstić information content (AvgIpc) is 3.30. The van der Waals surface area contributed by atoms with Gasteiger partial charge in [-0.25, -0.2) is 0 Å². The van der Waals surface area contributed by atoms with E-state index >= 15 is 0 Å². The van der Waals surface area contributed by atoms with Crippen molar-refractivity contribution in [3.05, 3.63) is 21.8 Å². The topological polar surface area (TPSA) is 184 Å². The number of nitrogens with one attached hydrogen (secondary N) is 2. The van der Waals surface area contributed by atoms with Gasteiger partial charge in [0.25, 0.3) is 11.8 Å². The molecule has 1 heterocycles. The zero-order valence-electron chi connectivity index (χ0n) is 24.6. The van der Waals surface area contributed by atoms with E-state index in [1.165, 1.54) is 27.7 Å². The minimum absolute atomic E-state index is 0.106. The van der Waals surface area contributed by atoms with E-state index in [-0.39, 0.29) is 52.9 Å². The van der Waals surface area contributed by atoms with Gasteiger partial charge >= 0.3 is 23.9 Å². The first-order chi connectivity index (χ1) is 21.1. The molecule has 1 aliphatic rings. The summed E-state index contributed by atoms with van der Waals surface area (Å²) in [5.41, 5.74) is 0.618. The normalized spacial score (nSPS) is 15.5. The van der Waals surface area contributed by atoms with Crippen LogP contribution in [0.5, 0.6) is 0 Å². The molecule has 0 aliphatic carbocycles. The van der Waals surface area contributed by atoms with E-state index in [0.29, 0.717) is 30.1 Å². The Kier molecular flexibility index (Phi) is 16.4. The van der Waals surface area contributed by atoms with Gasteiger partial charge in [0.2, 0.25) is 5.91 Å². The average molecular weight is 1080 g/mol. The zero-order valence-corrected chi connectivity index (χ0v) is 33.3. The van der Waals surface area contributed by atoms with E-state index in [1.807, 2.05) is 67.8 Å². The first-order valence-electron chi connectivity index (χ1n) is 13.3. The monoisotopic (exact) mass is 1080 g/mol. The van der Waals surface area contributed by atoms with Crippen LogP contribution in [0.1, 0.15) is 61.3 Å². The Morgan fingerprint density at radius 3 is 1.53 bits per heavy atom. The quantitative estimate of drug-likeness (QED) is 0.121. The molecule has 1 aromatic carbocycles. The van der Waals surface area contributed by atoms with Gasteiger partial charge in [-0.3, -0.25) is 33.6 Å². The smallest absolute Gasteiger partial charge is 0.303 e. The lowest BCUT2D eigenvalue weighted by Crippen LogP contribution is -2.41. The molecule has 1 aromatic rings. The predicted octanol–water partition coefficient (Wildman–Crippen LogP) is 2.88. The fourth-order valence-corrected chi connectivity index (χ4v) is 9.71. The number of halogens is 4. The van der Waals surface area contributed by atoms with Crippen LogP contribution in [0.15, 0.2) is 0 Å². The van der Waals surface area contributed by atoms with Crippen LogP contribution in [0.25, 0.3) is 0 Å². The number of carbonyl (C=O) groups is 7. The molecule has 3 amide bonds. The maximum Gasteiger partial charge on any atom is 0.303 e. The molecule has 3 atom stereocenters. The van der Waals surface area contributed by atoms with Gasteiger partial charge in [0.15, 0.2) is 12.2 Å². The fraction of sp³-hybridized carbons (Fsp3) is 0.519. The molecule has 2 rings (SSSR count). The van der Waals surface area contributed by atoms with Crippen molar-refractivity contribution in [2.45, 2.75) is 58.8 Å². The maximum atomic E-state index is 13.7. The Balaban J connectivity index is 2.56. The molecule has 0 bridgehead atoms. The molecule has 1 fully saturated rings. The molecule has 0 radical (unpaired) electrons. The van der Waals surface area contributed by atoms with Crippen LogP contribution < -0.4 is 15.5 Å². The van der Waals surface area contributed by atoms with Crippen LogP contribution in [0.4, 0.5) is 5.69 Å². The molecular formula is C27H31I4N3O11. The summed E-state index contributed by atoms with van der Waals surface area (Å²) in [6, 6.07) is -0.166. The molecule has 248 valence electrons. The standard InChI is InChI=1S/C27H31I4N3O11/c1-12(35)42-10-17(44-14(3)37)8-32-26(40)20-22(29)21(27(41)33-9-18(45-15(4)38)11-43-13(2)36)24(31)25(23(20)30)34-16(7-28)5-6-19(34)39/h16-18H,5-11H2,1-4H3,(H,32,40)(H,33,41). The fourth-order valence-electron chi connectivity index (χ4n) is 4.21. The second-order valence-corrected chi connectivity index (χ2v) is 13.8. The summed E-state index contributed by atoms with van der Waals surface area (Å²) in [7, 11) is 0. The van der Waals surface area contributed by atoms with E-state index in [1.54, 1.807) is 4.90 Å². The molecule has 18 heteroatoms. The first-order valence-corrected chi connectivity index (χ1v) is 18.1. The van der Waals surface area contributed by atoms with E-state index in [0.717, 1.165) is 0 Å². The van der Waals surface area contributed by atoms with Crippen LogP contribution in [0.3, 0.4) is 0 Å². The Hall–Kier alpha value is -1.57. The number of benzene rings is 1. The Morgan fingerprint density at radius 1 is 0.756 bits per heavy atom. The number of anilines is 1. The van der Waals surface area contributed by atoms with Gasteiger partial charge in [0.05, 0.1) is 37.0 Å². The van der Waals surface area contributed by atoms with Gasteiger partial charge in [0, 0.05) is 48.2 Å². The molecule has 0 spiro atoms. The predicted molar refractivity (Wildman–Crippen MR) is 193 cm³/mol. The SMILES string of the molecule is CC(=O)OCC(CNC(=O)c1c(I)c(C(=O)NCC(COC(C)=O)OC(C)=O)c(I)c(N2C(=O)CCC2CI)c1I)OC(C)=O. The number of carbonyl (C=O) groups excluding carboxylic acids is 7. The minimum Gasteiger partial charge on any atom is -0.462 e. The van der Waals surface area contributed by atoms with Crippen LogP contribution in [0, 0.1) is 10.7 Å². The largest absolute Gasteiger partial charge is 0.462 e. The van der Waals surface area contributed by atoms with Crippen molar-refractivity contribution in [3.63, 3.8) is 0 Å². The van der Waals surface area contributed by atoms with Crippen LogP contribution in [-0.2, 0) is 42.9 Å². The molecule has 0 saturated carbocycles. The number of ether oxygens (including phenoxy) is 4. The molecule has 14 nitrogen and oxygen atoms in total. The third kappa shape index (κ3) is 11.6. The Morgan fingerprint density at radius 2 is 1.18 bits per heavy atom.